The number of piperidine rings is 1. The topological polar surface area (TPSA) is 101 Å². The zero-order valence-corrected chi connectivity index (χ0v) is 11.6. The molecule has 0 bridgehead atoms. The van der Waals surface area contributed by atoms with Crippen molar-refractivity contribution >= 4 is 41.5 Å². The van der Waals surface area contributed by atoms with Gasteiger partial charge in [-0.1, -0.05) is 0 Å². The number of halogens is 1. The summed E-state index contributed by atoms with van der Waals surface area (Å²) in [5.74, 6) is -1.08. The van der Waals surface area contributed by atoms with Gasteiger partial charge in [-0.05, 0) is 17.9 Å². The minimum atomic E-state index is -0.652. The normalized spacial score (nSPS) is 18.5. The van der Waals surface area contributed by atoms with Crippen LogP contribution in [-0.4, -0.2) is 23.8 Å². The highest BCUT2D eigenvalue weighted by Gasteiger charge is 2.28. The molecule has 8 heteroatoms. The highest BCUT2D eigenvalue weighted by molar-refractivity contribution is 7.10. The standard InChI is InChI=1S/C11H13N3O3S.ClH/c12-5-8-6(3-4-18-8)10(16)13-7-1-2-9(15)14-11(7)17;/h3-4,7H,1-2,5,12H2,(H,13,16)(H,14,15,17);1H. The van der Waals surface area contributed by atoms with Gasteiger partial charge in [-0.3, -0.25) is 19.7 Å². The van der Waals surface area contributed by atoms with Crippen molar-refractivity contribution in [2.24, 2.45) is 5.73 Å². The molecule has 1 fully saturated rings. The monoisotopic (exact) mass is 303 g/mol. The minimum absolute atomic E-state index is 0. The van der Waals surface area contributed by atoms with Crippen LogP contribution < -0.4 is 16.4 Å². The summed E-state index contributed by atoms with van der Waals surface area (Å²) in [4.78, 5) is 35.2. The van der Waals surface area contributed by atoms with Gasteiger partial charge in [-0.2, -0.15) is 0 Å². The summed E-state index contributed by atoms with van der Waals surface area (Å²) in [5, 5.41) is 6.59. The Labute approximate surface area is 120 Å². The van der Waals surface area contributed by atoms with Crippen molar-refractivity contribution in [3.63, 3.8) is 0 Å². The van der Waals surface area contributed by atoms with Crippen LogP contribution in [0.5, 0.6) is 0 Å². The molecule has 1 saturated heterocycles. The van der Waals surface area contributed by atoms with Gasteiger partial charge in [0.25, 0.3) is 5.91 Å². The molecule has 6 nitrogen and oxygen atoms in total. The van der Waals surface area contributed by atoms with Crippen molar-refractivity contribution in [3.05, 3.63) is 21.9 Å². The molecule has 4 N–H and O–H groups in total. The van der Waals surface area contributed by atoms with Gasteiger partial charge in [0.15, 0.2) is 0 Å². The Balaban J connectivity index is 0.00000180. The first-order valence-corrected chi connectivity index (χ1v) is 6.40. The second-order valence-corrected chi connectivity index (χ2v) is 4.94. The van der Waals surface area contributed by atoms with Gasteiger partial charge >= 0.3 is 0 Å². The maximum absolute atomic E-state index is 12.0. The third-order valence-corrected chi connectivity index (χ3v) is 3.66. The van der Waals surface area contributed by atoms with E-state index in [0.29, 0.717) is 12.0 Å². The van der Waals surface area contributed by atoms with Crippen LogP contribution in [0.25, 0.3) is 0 Å². The van der Waals surface area contributed by atoms with Gasteiger partial charge in [0.05, 0.1) is 5.56 Å². The maximum Gasteiger partial charge on any atom is 0.253 e. The number of rotatable bonds is 3. The number of carbonyl (C=O) groups is 3. The van der Waals surface area contributed by atoms with E-state index in [9.17, 15) is 14.4 Å². The highest BCUT2D eigenvalue weighted by atomic mass is 35.5. The molecule has 2 rings (SSSR count). The number of nitrogens with two attached hydrogens (primary N) is 1. The SMILES string of the molecule is Cl.NCc1sccc1C(=O)NC1CCC(=O)NC1=O. The Hall–Kier alpha value is -1.44. The first-order valence-electron chi connectivity index (χ1n) is 5.53. The molecule has 0 radical (unpaired) electrons. The van der Waals surface area contributed by atoms with Gasteiger partial charge in [-0.15, -0.1) is 23.7 Å². The Morgan fingerprint density at radius 3 is 2.89 bits per heavy atom. The van der Waals surface area contributed by atoms with Crippen molar-refractivity contribution < 1.29 is 14.4 Å². The lowest BCUT2D eigenvalue weighted by molar-refractivity contribution is -0.134. The van der Waals surface area contributed by atoms with Crippen LogP contribution in [0.15, 0.2) is 11.4 Å². The molecule has 1 aromatic heterocycles. The van der Waals surface area contributed by atoms with E-state index in [1.807, 2.05) is 0 Å². The minimum Gasteiger partial charge on any atom is -0.340 e. The molecule has 2 heterocycles. The molecule has 1 atom stereocenters. The molecule has 1 aliphatic heterocycles. The lowest BCUT2D eigenvalue weighted by Crippen LogP contribution is -2.52. The Kier molecular flexibility index (Phi) is 5.46. The maximum atomic E-state index is 12.0. The van der Waals surface area contributed by atoms with Crippen molar-refractivity contribution in [3.8, 4) is 0 Å². The molecule has 0 saturated carbocycles. The van der Waals surface area contributed by atoms with Crippen LogP contribution in [0.3, 0.4) is 0 Å². The molecule has 3 amide bonds. The fourth-order valence-electron chi connectivity index (χ4n) is 1.77. The first kappa shape index (κ1) is 15.6. The summed E-state index contributed by atoms with van der Waals surface area (Å²) < 4.78 is 0. The van der Waals surface area contributed by atoms with E-state index < -0.39 is 11.9 Å². The molecule has 0 aromatic carbocycles. The fraction of sp³-hybridized carbons (Fsp3) is 0.364. The second kappa shape index (κ2) is 6.65. The Morgan fingerprint density at radius 1 is 1.53 bits per heavy atom. The number of thiophene rings is 1. The summed E-state index contributed by atoms with van der Waals surface area (Å²) >= 11 is 1.40. The van der Waals surface area contributed by atoms with Gasteiger partial charge < -0.3 is 11.1 Å². The van der Waals surface area contributed by atoms with Crippen LogP contribution in [0.2, 0.25) is 0 Å². The van der Waals surface area contributed by atoms with E-state index in [4.69, 9.17) is 5.73 Å². The van der Waals surface area contributed by atoms with Gasteiger partial charge in [-0.25, -0.2) is 0 Å². The first-order chi connectivity index (χ1) is 8.61. The zero-order valence-electron chi connectivity index (χ0n) is 9.97. The summed E-state index contributed by atoms with van der Waals surface area (Å²) in [7, 11) is 0. The molecule has 104 valence electrons. The molecule has 0 spiro atoms. The van der Waals surface area contributed by atoms with Crippen LogP contribution in [-0.2, 0) is 16.1 Å². The van der Waals surface area contributed by atoms with Crippen LogP contribution in [0, 0.1) is 0 Å². The summed E-state index contributed by atoms with van der Waals surface area (Å²) in [5.41, 5.74) is 6.01. The Bertz CT molecular complexity index is 503. The lowest BCUT2D eigenvalue weighted by Gasteiger charge is -2.21. The van der Waals surface area contributed by atoms with E-state index in [-0.39, 0.29) is 37.2 Å². The van der Waals surface area contributed by atoms with E-state index in [1.165, 1.54) is 11.3 Å². The average Bonchev–Trinajstić information content (AvgIpc) is 2.81. The third-order valence-electron chi connectivity index (χ3n) is 2.72. The van der Waals surface area contributed by atoms with E-state index in [2.05, 4.69) is 10.6 Å². The number of hydrogen-bond acceptors (Lipinski definition) is 5. The number of carbonyl (C=O) groups excluding carboxylic acids is 3. The molecular weight excluding hydrogens is 290 g/mol. The lowest BCUT2D eigenvalue weighted by atomic mass is 10.1. The molecule has 19 heavy (non-hydrogen) atoms. The highest BCUT2D eigenvalue weighted by Crippen LogP contribution is 2.16. The molecule has 1 aliphatic rings. The number of hydrogen-bond donors (Lipinski definition) is 3. The molecule has 1 aromatic rings. The molecule has 0 aliphatic carbocycles. The van der Waals surface area contributed by atoms with Crippen LogP contribution >= 0.6 is 23.7 Å². The van der Waals surface area contributed by atoms with E-state index in [1.54, 1.807) is 11.4 Å². The van der Waals surface area contributed by atoms with Gasteiger partial charge in [0.1, 0.15) is 6.04 Å². The summed E-state index contributed by atoms with van der Waals surface area (Å²) in [6.07, 6.45) is 0.572. The number of amides is 3. The van der Waals surface area contributed by atoms with E-state index in [0.717, 1.165) is 4.88 Å². The summed E-state index contributed by atoms with van der Waals surface area (Å²) in [6.45, 7) is 0.287. The molecule has 1 unspecified atom stereocenters. The van der Waals surface area contributed by atoms with Crippen molar-refractivity contribution in [2.75, 3.05) is 0 Å². The van der Waals surface area contributed by atoms with Gasteiger partial charge in [0, 0.05) is 17.8 Å². The zero-order chi connectivity index (χ0) is 13.1. The quantitative estimate of drug-likeness (QED) is 0.692. The van der Waals surface area contributed by atoms with Crippen molar-refractivity contribution in [2.45, 2.75) is 25.4 Å². The van der Waals surface area contributed by atoms with Crippen molar-refractivity contribution in [1.82, 2.24) is 10.6 Å². The predicted octanol–water partition coefficient (Wildman–Crippen LogP) is 0.164. The molecular formula is C11H14ClN3O3S. The fourth-order valence-corrected chi connectivity index (χ4v) is 2.52. The smallest absolute Gasteiger partial charge is 0.253 e. The largest absolute Gasteiger partial charge is 0.340 e. The number of imide groups is 1. The Morgan fingerprint density at radius 2 is 2.26 bits per heavy atom. The summed E-state index contributed by atoms with van der Waals surface area (Å²) in [6, 6.07) is 1.02. The third kappa shape index (κ3) is 3.52. The van der Waals surface area contributed by atoms with Crippen molar-refractivity contribution in [1.29, 1.82) is 0 Å². The second-order valence-electron chi connectivity index (χ2n) is 3.94. The number of nitrogens with one attached hydrogen (secondary N) is 2. The average molecular weight is 304 g/mol. The van der Waals surface area contributed by atoms with E-state index >= 15 is 0 Å². The van der Waals surface area contributed by atoms with Gasteiger partial charge in [0.2, 0.25) is 11.8 Å². The predicted molar refractivity (Wildman–Crippen MR) is 73.1 cm³/mol. The van der Waals surface area contributed by atoms with Crippen LogP contribution in [0.1, 0.15) is 28.1 Å². The van der Waals surface area contributed by atoms with Crippen LogP contribution in [0.4, 0.5) is 0 Å².